The first-order chi connectivity index (χ1) is 9.06. The van der Waals surface area contributed by atoms with Gasteiger partial charge in [-0.2, -0.15) is 5.26 Å². The van der Waals surface area contributed by atoms with Gasteiger partial charge in [0, 0.05) is 5.56 Å². The van der Waals surface area contributed by atoms with E-state index in [4.69, 9.17) is 5.26 Å². The molecule has 2 N–H and O–H groups in total. The predicted octanol–water partition coefficient (Wildman–Crippen LogP) is 2.50. The van der Waals surface area contributed by atoms with Crippen molar-refractivity contribution < 1.29 is 5.11 Å². The fourth-order valence-corrected chi connectivity index (χ4v) is 2.27. The van der Waals surface area contributed by atoms with Crippen LogP contribution in [-0.2, 0) is 0 Å². The molecular weight excluding hydrogens is 330 g/mol. The molecule has 1 aromatic heterocycles. The molecule has 0 bridgehead atoms. The lowest BCUT2D eigenvalue weighted by Crippen LogP contribution is -2.14. The molecule has 0 amide bonds. The van der Waals surface area contributed by atoms with Gasteiger partial charge in [-0.05, 0) is 40.4 Å². The zero-order chi connectivity index (χ0) is 14.0. The van der Waals surface area contributed by atoms with Crippen molar-refractivity contribution in [2.45, 2.75) is 5.16 Å². The van der Waals surface area contributed by atoms with Crippen molar-refractivity contribution in [1.29, 1.82) is 5.26 Å². The summed E-state index contributed by atoms with van der Waals surface area (Å²) in [5.74, 6) is 0.0807. The molecule has 19 heavy (non-hydrogen) atoms. The number of hydrogen-bond donors (Lipinski definition) is 2. The average Bonchev–Trinajstić information content (AvgIpc) is 2.41. The second-order valence-corrected chi connectivity index (χ2v) is 5.23. The summed E-state index contributed by atoms with van der Waals surface area (Å²) < 4.78 is 0.474. The molecule has 0 aliphatic rings. The van der Waals surface area contributed by atoms with Crippen molar-refractivity contribution in [2.24, 2.45) is 0 Å². The first kappa shape index (κ1) is 13.6. The Hall–Kier alpha value is -1.78. The van der Waals surface area contributed by atoms with Crippen LogP contribution in [0.4, 0.5) is 0 Å². The van der Waals surface area contributed by atoms with Gasteiger partial charge in [-0.25, -0.2) is 4.98 Å². The molecule has 0 fully saturated rings. The van der Waals surface area contributed by atoms with Gasteiger partial charge in [0.1, 0.15) is 17.4 Å². The summed E-state index contributed by atoms with van der Waals surface area (Å²) in [6.45, 7) is 0. The van der Waals surface area contributed by atoms with Crippen molar-refractivity contribution in [2.75, 3.05) is 6.26 Å². The maximum Gasteiger partial charge on any atom is 0.270 e. The normalized spacial score (nSPS) is 10.2. The molecule has 1 aromatic carbocycles. The summed E-state index contributed by atoms with van der Waals surface area (Å²) in [5.41, 5.74) is 0.371. The lowest BCUT2D eigenvalue weighted by molar-refractivity contribution is 0.472. The zero-order valence-electron chi connectivity index (χ0n) is 9.77. The van der Waals surface area contributed by atoms with E-state index in [-0.39, 0.29) is 11.3 Å². The van der Waals surface area contributed by atoms with Gasteiger partial charge in [-0.15, -0.1) is 0 Å². The molecule has 5 nitrogen and oxygen atoms in total. The summed E-state index contributed by atoms with van der Waals surface area (Å²) in [7, 11) is 0. The van der Waals surface area contributed by atoms with Crippen molar-refractivity contribution in [1.82, 2.24) is 9.97 Å². The summed E-state index contributed by atoms with van der Waals surface area (Å²) >= 11 is 4.47. The van der Waals surface area contributed by atoms with Crippen LogP contribution < -0.4 is 5.56 Å². The number of halogens is 1. The number of nitrogens with one attached hydrogen (secondary N) is 1. The van der Waals surface area contributed by atoms with E-state index in [2.05, 4.69) is 25.9 Å². The molecule has 0 atom stereocenters. The number of hydrogen-bond acceptors (Lipinski definition) is 5. The van der Waals surface area contributed by atoms with Crippen LogP contribution in [0.25, 0.3) is 11.3 Å². The minimum absolute atomic E-state index is 0.0459. The van der Waals surface area contributed by atoms with E-state index in [1.807, 2.05) is 6.07 Å². The van der Waals surface area contributed by atoms with Gasteiger partial charge in [0.15, 0.2) is 5.16 Å². The number of aromatic hydroxyl groups is 1. The summed E-state index contributed by atoms with van der Waals surface area (Å²) in [5, 5.41) is 19.0. The molecule has 1 heterocycles. The lowest BCUT2D eigenvalue weighted by atomic mass is 10.1. The number of phenolic OH excluding ortho intramolecular Hbond substituents is 1. The number of thioether (sulfide) groups is 1. The third kappa shape index (κ3) is 2.64. The number of H-pyrrole nitrogens is 1. The van der Waals surface area contributed by atoms with Gasteiger partial charge in [0.25, 0.3) is 5.56 Å². The Morgan fingerprint density at radius 2 is 2.26 bits per heavy atom. The Labute approximate surface area is 121 Å². The highest BCUT2D eigenvalue weighted by Crippen LogP contribution is 2.30. The molecule has 0 saturated heterocycles. The third-order valence-corrected chi connectivity index (χ3v) is 3.64. The number of rotatable bonds is 2. The summed E-state index contributed by atoms with van der Waals surface area (Å²) in [4.78, 5) is 18.6. The topological polar surface area (TPSA) is 89.8 Å². The van der Waals surface area contributed by atoms with Crippen molar-refractivity contribution in [3.63, 3.8) is 0 Å². The van der Waals surface area contributed by atoms with E-state index in [0.29, 0.717) is 20.9 Å². The van der Waals surface area contributed by atoms with Crippen LogP contribution in [0.3, 0.4) is 0 Å². The van der Waals surface area contributed by atoms with E-state index in [1.165, 1.54) is 17.8 Å². The van der Waals surface area contributed by atoms with Crippen LogP contribution in [0.1, 0.15) is 5.56 Å². The second kappa shape index (κ2) is 5.47. The molecule has 96 valence electrons. The van der Waals surface area contributed by atoms with Crippen molar-refractivity contribution in [3.05, 3.63) is 38.6 Å². The highest BCUT2D eigenvalue weighted by molar-refractivity contribution is 9.10. The third-order valence-electron chi connectivity index (χ3n) is 2.42. The van der Waals surface area contributed by atoms with Crippen LogP contribution in [0.2, 0.25) is 0 Å². The number of aromatic amines is 1. The minimum Gasteiger partial charge on any atom is -0.507 e. The van der Waals surface area contributed by atoms with Crippen LogP contribution in [0.15, 0.2) is 32.6 Å². The first-order valence-corrected chi connectivity index (χ1v) is 7.16. The first-order valence-electron chi connectivity index (χ1n) is 5.14. The van der Waals surface area contributed by atoms with E-state index >= 15 is 0 Å². The van der Waals surface area contributed by atoms with Gasteiger partial charge in [-0.1, -0.05) is 11.8 Å². The fraction of sp³-hybridized carbons (Fsp3) is 0.0833. The van der Waals surface area contributed by atoms with Gasteiger partial charge in [-0.3, -0.25) is 4.79 Å². The number of nitriles is 1. The molecular formula is C12H8BrN3O2S. The minimum atomic E-state index is -0.471. The Morgan fingerprint density at radius 3 is 2.84 bits per heavy atom. The molecule has 0 aliphatic heterocycles. The number of aromatic nitrogens is 2. The Bertz CT molecular complexity index is 737. The van der Waals surface area contributed by atoms with E-state index in [9.17, 15) is 9.90 Å². The molecule has 0 radical (unpaired) electrons. The monoisotopic (exact) mass is 337 g/mol. The number of phenols is 1. The van der Waals surface area contributed by atoms with Gasteiger partial charge >= 0.3 is 0 Å². The fourth-order valence-electron chi connectivity index (χ4n) is 1.52. The highest BCUT2D eigenvalue weighted by Gasteiger charge is 2.14. The maximum absolute atomic E-state index is 11.8. The second-order valence-electron chi connectivity index (χ2n) is 3.58. The van der Waals surface area contributed by atoms with E-state index in [1.54, 1.807) is 18.4 Å². The molecule has 0 spiro atoms. The summed E-state index contributed by atoms with van der Waals surface area (Å²) in [6.07, 6.45) is 1.78. The molecule has 2 aromatic rings. The van der Waals surface area contributed by atoms with Crippen molar-refractivity contribution >= 4 is 27.7 Å². The van der Waals surface area contributed by atoms with Gasteiger partial charge in [0.2, 0.25) is 0 Å². The van der Waals surface area contributed by atoms with E-state index in [0.717, 1.165) is 0 Å². The molecule has 0 aliphatic carbocycles. The average molecular weight is 338 g/mol. The predicted molar refractivity (Wildman–Crippen MR) is 76.2 cm³/mol. The quantitative estimate of drug-likeness (QED) is 0.649. The van der Waals surface area contributed by atoms with Crippen LogP contribution in [0, 0.1) is 11.3 Å². The van der Waals surface area contributed by atoms with Crippen LogP contribution in [0.5, 0.6) is 5.75 Å². The Balaban J connectivity index is 2.73. The van der Waals surface area contributed by atoms with Crippen molar-refractivity contribution in [3.8, 4) is 23.1 Å². The molecule has 7 heteroatoms. The van der Waals surface area contributed by atoms with E-state index < -0.39 is 5.56 Å². The lowest BCUT2D eigenvalue weighted by Gasteiger charge is -2.06. The van der Waals surface area contributed by atoms with Crippen LogP contribution in [-0.4, -0.2) is 21.3 Å². The van der Waals surface area contributed by atoms with Gasteiger partial charge in [0.05, 0.1) is 10.2 Å². The SMILES string of the molecule is CSc1nc(-c2ccc(O)c(Br)c2)c(C#N)c(=O)[nH]1. The van der Waals surface area contributed by atoms with Crippen LogP contribution >= 0.6 is 27.7 Å². The largest absolute Gasteiger partial charge is 0.507 e. The Kier molecular flexibility index (Phi) is 3.93. The molecule has 2 rings (SSSR count). The standard InChI is InChI=1S/C12H8BrN3O2S/c1-19-12-15-10(7(5-14)11(18)16-12)6-2-3-9(17)8(13)4-6/h2-4,17H,1H3,(H,15,16,18). The molecule has 0 unspecified atom stereocenters. The summed E-state index contributed by atoms with van der Waals surface area (Å²) in [6, 6.07) is 6.55. The number of benzene rings is 1. The highest BCUT2D eigenvalue weighted by atomic mass is 79.9. The smallest absolute Gasteiger partial charge is 0.270 e. The van der Waals surface area contributed by atoms with Gasteiger partial charge < -0.3 is 10.1 Å². The Morgan fingerprint density at radius 1 is 1.53 bits per heavy atom. The number of nitrogens with zero attached hydrogens (tertiary/aromatic N) is 2. The molecule has 0 saturated carbocycles. The maximum atomic E-state index is 11.8. The zero-order valence-corrected chi connectivity index (χ0v) is 12.2.